The van der Waals surface area contributed by atoms with E-state index in [2.05, 4.69) is 10.3 Å². The van der Waals surface area contributed by atoms with Crippen molar-refractivity contribution in [3.8, 4) is 0 Å². The molecule has 0 fully saturated rings. The van der Waals surface area contributed by atoms with Crippen LogP contribution in [0.3, 0.4) is 0 Å². The number of aliphatic hydroxyl groups excluding tert-OH is 1. The number of pyridine rings is 1. The highest BCUT2D eigenvalue weighted by atomic mass is 35.5. The highest BCUT2D eigenvalue weighted by molar-refractivity contribution is 6.30. The van der Waals surface area contributed by atoms with Crippen molar-refractivity contribution in [3.63, 3.8) is 0 Å². The van der Waals surface area contributed by atoms with Crippen LogP contribution in [0.4, 0.5) is 5.69 Å². The highest BCUT2D eigenvalue weighted by Gasteiger charge is 2.08. The maximum absolute atomic E-state index is 9.98. The molecule has 0 aliphatic rings. The summed E-state index contributed by atoms with van der Waals surface area (Å²) >= 11 is 5.89. The van der Waals surface area contributed by atoms with Crippen molar-refractivity contribution in [2.24, 2.45) is 0 Å². The first kappa shape index (κ1) is 12.9. The van der Waals surface area contributed by atoms with E-state index < -0.39 is 6.10 Å². The lowest BCUT2D eigenvalue weighted by Crippen LogP contribution is -2.13. The first-order chi connectivity index (χ1) is 8.66. The summed E-state index contributed by atoms with van der Waals surface area (Å²) in [5, 5.41) is 13.9. The van der Waals surface area contributed by atoms with Crippen LogP contribution in [0.1, 0.15) is 17.4 Å². The molecule has 1 aromatic carbocycles. The van der Waals surface area contributed by atoms with Crippen LogP contribution < -0.4 is 5.32 Å². The van der Waals surface area contributed by atoms with Gasteiger partial charge in [-0.2, -0.15) is 0 Å². The van der Waals surface area contributed by atoms with Crippen LogP contribution in [0.15, 0.2) is 42.6 Å². The summed E-state index contributed by atoms with van der Waals surface area (Å²) in [5.74, 6) is 0. The predicted molar refractivity (Wildman–Crippen MR) is 73.9 cm³/mol. The van der Waals surface area contributed by atoms with Crippen LogP contribution in [-0.4, -0.2) is 16.6 Å². The van der Waals surface area contributed by atoms with E-state index >= 15 is 0 Å². The van der Waals surface area contributed by atoms with Gasteiger partial charge in [-0.15, -0.1) is 0 Å². The molecule has 94 valence electrons. The summed E-state index contributed by atoms with van der Waals surface area (Å²) in [4.78, 5) is 4.12. The lowest BCUT2D eigenvalue weighted by Gasteiger charge is -2.14. The minimum Gasteiger partial charge on any atom is -0.385 e. The summed E-state index contributed by atoms with van der Waals surface area (Å²) in [6.45, 7) is 2.39. The molecule has 1 unspecified atom stereocenters. The Morgan fingerprint density at radius 3 is 2.83 bits per heavy atom. The van der Waals surface area contributed by atoms with E-state index in [-0.39, 0.29) is 0 Å². The third-order valence-corrected chi connectivity index (χ3v) is 2.94. The lowest BCUT2D eigenvalue weighted by atomic mass is 10.2. The van der Waals surface area contributed by atoms with Gasteiger partial charge in [-0.25, -0.2) is 0 Å². The Morgan fingerprint density at radius 2 is 2.17 bits per heavy atom. The molecular weight excluding hydrogens is 248 g/mol. The maximum Gasteiger partial charge on any atom is 0.113 e. The number of benzene rings is 1. The van der Waals surface area contributed by atoms with Gasteiger partial charge in [0.15, 0.2) is 0 Å². The Bertz CT molecular complexity index is 516. The average molecular weight is 263 g/mol. The van der Waals surface area contributed by atoms with Gasteiger partial charge in [-0.05, 0) is 42.8 Å². The summed E-state index contributed by atoms with van der Waals surface area (Å²) in [6, 6.07) is 11.1. The van der Waals surface area contributed by atoms with Gasteiger partial charge in [0.25, 0.3) is 0 Å². The highest BCUT2D eigenvalue weighted by Crippen LogP contribution is 2.20. The number of aromatic nitrogens is 1. The van der Waals surface area contributed by atoms with E-state index in [9.17, 15) is 5.11 Å². The van der Waals surface area contributed by atoms with Crippen molar-refractivity contribution in [3.05, 3.63) is 58.9 Å². The number of hydrogen-bond acceptors (Lipinski definition) is 3. The molecule has 0 aliphatic carbocycles. The number of halogens is 1. The second-order valence-corrected chi connectivity index (χ2v) is 4.55. The van der Waals surface area contributed by atoms with Crippen LogP contribution in [0.5, 0.6) is 0 Å². The zero-order valence-corrected chi connectivity index (χ0v) is 10.9. The molecule has 0 aliphatic heterocycles. The Hall–Kier alpha value is -1.58. The molecule has 0 saturated carbocycles. The average Bonchev–Trinajstić information content (AvgIpc) is 2.38. The van der Waals surface area contributed by atoms with Crippen LogP contribution >= 0.6 is 11.6 Å². The Morgan fingerprint density at radius 1 is 1.33 bits per heavy atom. The number of nitrogens with zero attached hydrogens (tertiary/aromatic N) is 1. The van der Waals surface area contributed by atoms with Crippen LogP contribution in [-0.2, 0) is 0 Å². The van der Waals surface area contributed by atoms with Gasteiger partial charge in [0.05, 0.1) is 5.69 Å². The number of anilines is 1. The monoisotopic (exact) mass is 262 g/mol. The minimum atomic E-state index is -0.624. The summed E-state index contributed by atoms with van der Waals surface area (Å²) in [5.41, 5.74) is 2.68. The molecular formula is C14H15ClN2O. The second-order valence-electron chi connectivity index (χ2n) is 4.11. The first-order valence-electron chi connectivity index (χ1n) is 5.76. The molecule has 0 saturated heterocycles. The fraction of sp³-hybridized carbons (Fsp3) is 0.214. The van der Waals surface area contributed by atoms with Crippen molar-refractivity contribution in [2.45, 2.75) is 13.0 Å². The summed E-state index contributed by atoms with van der Waals surface area (Å²) in [6.07, 6.45) is 1.05. The molecule has 2 rings (SSSR count). The molecule has 18 heavy (non-hydrogen) atoms. The fourth-order valence-corrected chi connectivity index (χ4v) is 1.94. The first-order valence-corrected chi connectivity index (χ1v) is 6.13. The van der Waals surface area contributed by atoms with Crippen molar-refractivity contribution < 1.29 is 5.11 Å². The Kier molecular flexibility index (Phi) is 4.18. The zero-order chi connectivity index (χ0) is 13.0. The van der Waals surface area contributed by atoms with E-state index in [1.54, 1.807) is 12.3 Å². The van der Waals surface area contributed by atoms with Crippen LogP contribution in [0.2, 0.25) is 5.02 Å². The van der Waals surface area contributed by atoms with E-state index in [0.717, 1.165) is 11.3 Å². The van der Waals surface area contributed by atoms with E-state index in [4.69, 9.17) is 11.6 Å². The van der Waals surface area contributed by atoms with E-state index in [0.29, 0.717) is 17.3 Å². The third kappa shape index (κ3) is 3.22. The maximum atomic E-state index is 9.98. The smallest absolute Gasteiger partial charge is 0.113 e. The van der Waals surface area contributed by atoms with Gasteiger partial charge >= 0.3 is 0 Å². The number of aryl methyl sites for hydroxylation is 1. The SMILES string of the molecule is Cc1cc(Cl)ccc1NCC(O)c1ccccn1. The van der Waals surface area contributed by atoms with E-state index in [1.807, 2.05) is 37.3 Å². The zero-order valence-electron chi connectivity index (χ0n) is 10.1. The van der Waals surface area contributed by atoms with Gasteiger partial charge < -0.3 is 10.4 Å². The summed E-state index contributed by atoms with van der Waals surface area (Å²) in [7, 11) is 0. The van der Waals surface area contributed by atoms with Crippen LogP contribution in [0.25, 0.3) is 0 Å². The molecule has 2 N–H and O–H groups in total. The van der Waals surface area contributed by atoms with Crippen LogP contribution in [0, 0.1) is 6.92 Å². The molecule has 3 nitrogen and oxygen atoms in total. The van der Waals surface area contributed by atoms with E-state index in [1.165, 1.54) is 0 Å². The third-order valence-electron chi connectivity index (χ3n) is 2.70. The predicted octanol–water partition coefficient (Wildman–Crippen LogP) is 3.19. The molecule has 0 spiro atoms. The molecule has 0 bridgehead atoms. The largest absolute Gasteiger partial charge is 0.385 e. The van der Waals surface area contributed by atoms with Gasteiger partial charge in [0.1, 0.15) is 6.10 Å². The fourth-order valence-electron chi connectivity index (χ4n) is 1.71. The van der Waals surface area contributed by atoms with Crippen molar-refractivity contribution >= 4 is 17.3 Å². The molecule has 1 atom stereocenters. The normalized spacial score (nSPS) is 12.2. The topological polar surface area (TPSA) is 45.1 Å². The molecule has 1 aromatic heterocycles. The lowest BCUT2D eigenvalue weighted by molar-refractivity contribution is 0.187. The Balaban J connectivity index is 1.99. The molecule has 1 heterocycles. The molecule has 0 radical (unpaired) electrons. The number of rotatable bonds is 4. The second kappa shape index (κ2) is 5.85. The van der Waals surface area contributed by atoms with Crippen molar-refractivity contribution in [1.29, 1.82) is 0 Å². The van der Waals surface area contributed by atoms with Gasteiger partial charge in [0, 0.05) is 23.5 Å². The minimum absolute atomic E-state index is 0.416. The van der Waals surface area contributed by atoms with Crippen molar-refractivity contribution in [1.82, 2.24) is 4.98 Å². The number of aliphatic hydroxyl groups is 1. The molecule has 0 amide bonds. The van der Waals surface area contributed by atoms with Gasteiger partial charge in [-0.1, -0.05) is 17.7 Å². The van der Waals surface area contributed by atoms with Gasteiger partial charge in [-0.3, -0.25) is 4.98 Å². The number of hydrogen-bond donors (Lipinski definition) is 2. The summed E-state index contributed by atoms with van der Waals surface area (Å²) < 4.78 is 0. The quantitative estimate of drug-likeness (QED) is 0.890. The van der Waals surface area contributed by atoms with Crippen molar-refractivity contribution in [2.75, 3.05) is 11.9 Å². The molecule has 4 heteroatoms. The molecule has 2 aromatic rings. The number of nitrogens with one attached hydrogen (secondary N) is 1. The standard InChI is InChI=1S/C14H15ClN2O/c1-10-8-11(15)5-6-12(10)17-9-14(18)13-4-2-3-7-16-13/h2-8,14,17-18H,9H2,1H3. The van der Waals surface area contributed by atoms with Gasteiger partial charge in [0.2, 0.25) is 0 Å². The Labute approximate surface area is 111 Å².